The van der Waals surface area contributed by atoms with E-state index in [1.165, 1.54) is 35.1 Å². The van der Waals surface area contributed by atoms with Gasteiger partial charge in [0.25, 0.3) is 0 Å². The van der Waals surface area contributed by atoms with Crippen LogP contribution in [-0.2, 0) is 27.8 Å². The molecule has 9 heteroatoms. The number of alkyl halides is 3. The summed E-state index contributed by atoms with van der Waals surface area (Å²) in [4.78, 5) is 0. The van der Waals surface area contributed by atoms with Gasteiger partial charge in [-0.15, -0.1) is 0 Å². The van der Waals surface area contributed by atoms with E-state index in [9.17, 15) is 26.0 Å². The van der Waals surface area contributed by atoms with Crippen molar-refractivity contribution in [2.45, 2.75) is 18.5 Å². The van der Waals surface area contributed by atoms with Crippen LogP contribution in [0.3, 0.4) is 0 Å². The molecule has 164 valence electrons. The fourth-order valence-corrected chi connectivity index (χ4v) is 3.37. The Labute approximate surface area is 177 Å². The van der Waals surface area contributed by atoms with Gasteiger partial charge in [0.1, 0.15) is 5.82 Å². The van der Waals surface area contributed by atoms with Gasteiger partial charge in [0.2, 0.25) is 0 Å². The number of benzene rings is 3. The van der Waals surface area contributed by atoms with Gasteiger partial charge in [-0.2, -0.15) is 21.6 Å². The normalized spacial score (nSPS) is 12.0. The number of nitrogens with one attached hydrogen (secondary N) is 1. The number of hydrogen-bond donors (Lipinski definition) is 1. The molecule has 0 aromatic heterocycles. The largest absolute Gasteiger partial charge is 0.516 e. The van der Waals surface area contributed by atoms with Crippen LogP contribution in [0.15, 0.2) is 72.8 Å². The molecule has 0 aliphatic rings. The molecule has 0 saturated carbocycles. The zero-order chi connectivity index (χ0) is 22.5. The zero-order valence-corrected chi connectivity index (χ0v) is 17.0. The molecule has 3 aromatic rings. The van der Waals surface area contributed by atoms with Gasteiger partial charge in [0.05, 0.1) is 13.2 Å². The summed E-state index contributed by atoms with van der Waals surface area (Å²) in [6.45, 7) is 0.638. The second-order valence-corrected chi connectivity index (χ2v) is 8.43. The third-order valence-corrected chi connectivity index (χ3v) is 5.53. The molecule has 0 aliphatic heterocycles. The quantitative estimate of drug-likeness (QED) is 0.361. The van der Waals surface area contributed by atoms with Crippen LogP contribution >= 0.6 is 0 Å². The van der Waals surface area contributed by atoms with Gasteiger partial charge in [-0.1, -0.05) is 48.5 Å². The summed E-state index contributed by atoms with van der Waals surface area (Å²) in [5.74, 6) is -0.294. The van der Waals surface area contributed by atoms with Crippen LogP contribution in [0.5, 0.6) is 0 Å². The first-order valence-corrected chi connectivity index (χ1v) is 10.7. The highest BCUT2D eigenvalue weighted by Gasteiger charge is 2.46. The molecule has 3 aromatic carbocycles. The Morgan fingerprint density at radius 1 is 0.839 bits per heavy atom. The smallest absolute Gasteiger partial charge is 0.376 e. The molecule has 0 heterocycles. The van der Waals surface area contributed by atoms with Crippen LogP contribution in [-0.4, -0.2) is 20.5 Å². The molecular weight excluding hydrogens is 434 g/mol. The summed E-state index contributed by atoms with van der Waals surface area (Å²) < 4.78 is 80.0. The Bertz CT molecular complexity index is 1110. The SMILES string of the molecule is O=S(=O)(Nc1cccc(CCOCc2ccc(-c3ccc(F)cc3)cc2)c1)C(F)(F)F. The molecule has 3 rings (SSSR count). The minimum Gasteiger partial charge on any atom is -0.376 e. The molecule has 0 bridgehead atoms. The molecule has 1 N–H and O–H groups in total. The summed E-state index contributed by atoms with van der Waals surface area (Å²) in [6, 6.07) is 19.5. The third-order valence-electron chi connectivity index (χ3n) is 4.42. The number of hydrogen-bond acceptors (Lipinski definition) is 3. The second kappa shape index (κ2) is 9.49. The van der Waals surface area contributed by atoms with E-state index in [1.807, 2.05) is 24.3 Å². The maximum Gasteiger partial charge on any atom is 0.516 e. The lowest BCUT2D eigenvalue weighted by Gasteiger charge is -2.11. The molecular formula is C22H19F4NO3S. The van der Waals surface area contributed by atoms with Crippen LogP contribution in [0, 0.1) is 5.82 Å². The van der Waals surface area contributed by atoms with Crippen molar-refractivity contribution in [3.05, 3.63) is 89.7 Å². The van der Waals surface area contributed by atoms with Crippen molar-refractivity contribution in [3.8, 4) is 11.1 Å². The predicted octanol–water partition coefficient (Wildman–Crippen LogP) is 5.51. The first-order chi connectivity index (χ1) is 14.6. The average Bonchev–Trinajstić information content (AvgIpc) is 2.71. The van der Waals surface area contributed by atoms with E-state index < -0.39 is 15.5 Å². The molecule has 0 spiro atoms. The van der Waals surface area contributed by atoms with Gasteiger partial charge in [-0.05, 0) is 52.9 Å². The van der Waals surface area contributed by atoms with E-state index in [4.69, 9.17) is 4.74 Å². The monoisotopic (exact) mass is 453 g/mol. The summed E-state index contributed by atoms with van der Waals surface area (Å²) in [5.41, 5.74) is -2.13. The fraction of sp³-hybridized carbons (Fsp3) is 0.182. The Balaban J connectivity index is 1.50. The van der Waals surface area contributed by atoms with Gasteiger partial charge < -0.3 is 4.74 Å². The number of anilines is 1. The number of halogens is 4. The van der Waals surface area contributed by atoms with Gasteiger partial charge >= 0.3 is 15.5 Å². The molecule has 0 fully saturated rings. The Morgan fingerprint density at radius 3 is 2.06 bits per heavy atom. The van der Waals surface area contributed by atoms with Crippen molar-refractivity contribution in [2.75, 3.05) is 11.3 Å². The average molecular weight is 453 g/mol. The lowest BCUT2D eigenvalue weighted by molar-refractivity contribution is -0.0429. The lowest BCUT2D eigenvalue weighted by Crippen LogP contribution is -2.29. The summed E-state index contributed by atoms with van der Waals surface area (Å²) in [5, 5.41) is 0. The molecule has 4 nitrogen and oxygen atoms in total. The molecule has 0 aliphatic carbocycles. The topological polar surface area (TPSA) is 55.4 Å². The van der Waals surface area contributed by atoms with Gasteiger partial charge in [-0.25, -0.2) is 4.39 Å². The van der Waals surface area contributed by atoms with E-state index >= 15 is 0 Å². The van der Waals surface area contributed by atoms with Crippen LogP contribution in [0.1, 0.15) is 11.1 Å². The zero-order valence-electron chi connectivity index (χ0n) is 16.2. The van der Waals surface area contributed by atoms with E-state index in [0.29, 0.717) is 25.2 Å². The minimum atomic E-state index is -5.45. The molecule has 0 atom stereocenters. The highest BCUT2D eigenvalue weighted by atomic mass is 32.2. The molecule has 0 saturated heterocycles. The van der Waals surface area contributed by atoms with Crippen LogP contribution in [0.25, 0.3) is 11.1 Å². The van der Waals surface area contributed by atoms with Gasteiger partial charge in [0, 0.05) is 5.69 Å². The molecule has 0 unspecified atom stereocenters. The number of ether oxygens (including phenoxy) is 1. The number of sulfonamides is 1. The second-order valence-electron chi connectivity index (χ2n) is 6.76. The van der Waals surface area contributed by atoms with Crippen molar-refractivity contribution >= 4 is 15.7 Å². The van der Waals surface area contributed by atoms with E-state index in [2.05, 4.69) is 0 Å². The highest BCUT2D eigenvalue weighted by Crippen LogP contribution is 2.26. The molecule has 31 heavy (non-hydrogen) atoms. The van der Waals surface area contributed by atoms with Crippen molar-refractivity contribution < 1.29 is 30.7 Å². The van der Waals surface area contributed by atoms with Gasteiger partial charge in [-0.3, -0.25) is 4.72 Å². The minimum absolute atomic E-state index is 0.161. The standard InChI is InChI=1S/C22H19F4NO3S/c23-20-10-8-19(9-11-20)18-6-4-17(5-7-18)15-30-13-12-16-2-1-3-21(14-16)27-31(28,29)22(24,25)26/h1-11,14,27H,12-13,15H2. The summed E-state index contributed by atoms with van der Waals surface area (Å²) >= 11 is 0. The van der Waals surface area contributed by atoms with Gasteiger partial charge in [0.15, 0.2) is 0 Å². The molecule has 0 radical (unpaired) electrons. The Hall–Kier alpha value is -2.91. The summed E-state index contributed by atoms with van der Waals surface area (Å²) in [6.07, 6.45) is 0.398. The third kappa shape index (κ3) is 6.28. The van der Waals surface area contributed by atoms with E-state index in [0.717, 1.165) is 16.7 Å². The van der Waals surface area contributed by atoms with Crippen molar-refractivity contribution in [2.24, 2.45) is 0 Å². The van der Waals surface area contributed by atoms with Crippen molar-refractivity contribution in [3.63, 3.8) is 0 Å². The maximum absolute atomic E-state index is 13.0. The van der Waals surface area contributed by atoms with E-state index in [-0.39, 0.29) is 11.5 Å². The maximum atomic E-state index is 13.0. The van der Waals surface area contributed by atoms with Crippen molar-refractivity contribution in [1.29, 1.82) is 0 Å². The predicted molar refractivity (Wildman–Crippen MR) is 110 cm³/mol. The summed E-state index contributed by atoms with van der Waals surface area (Å²) in [7, 11) is -5.45. The number of rotatable bonds is 8. The highest BCUT2D eigenvalue weighted by molar-refractivity contribution is 7.93. The fourth-order valence-electron chi connectivity index (χ4n) is 2.82. The van der Waals surface area contributed by atoms with Crippen LogP contribution in [0.2, 0.25) is 0 Å². The van der Waals surface area contributed by atoms with Crippen LogP contribution < -0.4 is 4.72 Å². The van der Waals surface area contributed by atoms with Crippen molar-refractivity contribution in [1.82, 2.24) is 0 Å². The first kappa shape index (κ1) is 22.8. The Kier molecular flexibility index (Phi) is 6.97. The van der Waals surface area contributed by atoms with E-state index in [1.54, 1.807) is 18.2 Å². The molecule has 0 amide bonds. The lowest BCUT2D eigenvalue weighted by atomic mass is 10.0. The first-order valence-electron chi connectivity index (χ1n) is 9.25. The van der Waals surface area contributed by atoms with Crippen LogP contribution in [0.4, 0.5) is 23.2 Å². The Morgan fingerprint density at radius 2 is 1.45 bits per heavy atom.